The number of benzene rings is 1. The Morgan fingerprint density at radius 2 is 2.00 bits per heavy atom. The fraction of sp³-hybridized carbons (Fsp3) is 0.500. The van der Waals surface area contributed by atoms with Crippen LogP contribution in [0.5, 0.6) is 0 Å². The van der Waals surface area contributed by atoms with E-state index in [0.29, 0.717) is 30.6 Å². The lowest BCUT2D eigenvalue weighted by Gasteiger charge is -2.32. The van der Waals surface area contributed by atoms with Crippen LogP contribution in [0.1, 0.15) is 30.1 Å². The quantitative estimate of drug-likeness (QED) is 0.810. The van der Waals surface area contributed by atoms with Gasteiger partial charge in [-0.3, -0.25) is 9.59 Å². The van der Waals surface area contributed by atoms with Crippen molar-refractivity contribution in [1.29, 1.82) is 0 Å². The highest BCUT2D eigenvalue weighted by molar-refractivity contribution is 7.86. The number of carbonyl (C=O) groups is 2. The van der Waals surface area contributed by atoms with Crippen molar-refractivity contribution in [3.63, 3.8) is 0 Å². The fourth-order valence-corrected chi connectivity index (χ4v) is 3.85. The van der Waals surface area contributed by atoms with Crippen molar-refractivity contribution in [3.8, 4) is 0 Å². The Morgan fingerprint density at radius 1 is 1.29 bits per heavy atom. The minimum Gasteiger partial charge on any atom is -0.326 e. The average Bonchev–Trinajstić information content (AvgIpc) is 2.55. The highest BCUT2D eigenvalue weighted by Crippen LogP contribution is 2.22. The van der Waals surface area contributed by atoms with Gasteiger partial charge in [0.1, 0.15) is 0 Å². The highest BCUT2D eigenvalue weighted by Gasteiger charge is 2.33. The first-order chi connectivity index (χ1) is 11.2. The van der Waals surface area contributed by atoms with Gasteiger partial charge < -0.3 is 5.32 Å². The lowest BCUT2D eigenvalue weighted by atomic mass is 9.98. The number of hydrogen-bond donors (Lipinski definition) is 1. The number of ketones is 1. The smallest absolute Gasteiger partial charge is 0.281 e. The number of anilines is 1. The third-order valence-corrected chi connectivity index (χ3v) is 5.99. The molecular formula is C16H23N3O4S. The molecular weight excluding hydrogens is 330 g/mol. The Morgan fingerprint density at radius 3 is 2.62 bits per heavy atom. The van der Waals surface area contributed by atoms with Gasteiger partial charge in [0.25, 0.3) is 10.2 Å². The van der Waals surface area contributed by atoms with Crippen LogP contribution in [-0.4, -0.2) is 55.9 Å². The summed E-state index contributed by atoms with van der Waals surface area (Å²) in [6, 6.07) is 6.72. The molecule has 132 valence electrons. The molecule has 2 rings (SSSR count). The van der Waals surface area contributed by atoms with E-state index in [1.54, 1.807) is 24.3 Å². The van der Waals surface area contributed by atoms with Crippen LogP contribution in [0.25, 0.3) is 0 Å². The zero-order valence-corrected chi connectivity index (χ0v) is 15.0. The number of Topliss-reactive ketones (excluding diaryl/α,β-unsaturated/α-hetero) is 1. The number of hydrogen-bond acceptors (Lipinski definition) is 4. The molecule has 1 aliphatic rings. The van der Waals surface area contributed by atoms with Gasteiger partial charge in [-0.2, -0.15) is 17.0 Å². The van der Waals surface area contributed by atoms with Crippen LogP contribution in [0, 0.1) is 5.92 Å². The number of nitrogens with one attached hydrogen (secondary N) is 1. The maximum Gasteiger partial charge on any atom is 0.281 e. The third-order valence-electron chi connectivity index (χ3n) is 4.08. The summed E-state index contributed by atoms with van der Waals surface area (Å²) in [6.45, 7) is 2.05. The summed E-state index contributed by atoms with van der Waals surface area (Å²) < 4.78 is 26.9. The van der Waals surface area contributed by atoms with Gasteiger partial charge in [0.2, 0.25) is 5.91 Å². The van der Waals surface area contributed by atoms with E-state index >= 15 is 0 Å². The Kier molecular flexibility index (Phi) is 5.74. The van der Waals surface area contributed by atoms with Gasteiger partial charge in [-0.05, 0) is 31.9 Å². The first-order valence-electron chi connectivity index (χ1n) is 7.81. The van der Waals surface area contributed by atoms with Crippen molar-refractivity contribution in [2.45, 2.75) is 19.8 Å². The van der Waals surface area contributed by atoms with Crippen molar-refractivity contribution in [2.75, 3.05) is 32.5 Å². The first kappa shape index (κ1) is 18.6. The second-order valence-corrected chi connectivity index (χ2v) is 8.26. The molecule has 0 aromatic heterocycles. The largest absolute Gasteiger partial charge is 0.326 e. The molecule has 0 aliphatic carbocycles. The summed E-state index contributed by atoms with van der Waals surface area (Å²) in [6.07, 6.45) is 1.27. The normalized spacial score (nSPS) is 19.2. The summed E-state index contributed by atoms with van der Waals surface area (Å²) >= 11 is 0. The Balaban J connectivity index is 2.07. The summed E-state index contributed by atoms with van der Waals surface area (Å²) in [5.41, 5.74) is 1.06. The number of nitrogens with zero attached hydrogens (tertiary/aromatic N) is 2. The zero-order chi connectivity index (χ0) is 17.9. The lowest BCUT2D eigenvalue weighted by Crippen LogP contribution is -2.47. The summed E-state index contributed by atoms with van der Waals surface area (Å²) in [5.74, 6) is -0.712. The van der Waals surface area contributed by atoms with Crippen LogP contribution in [0.15, 0.2) is 24.3 Å². The van der Waals surface area contributed by atoms with E-state index in [1.807, 2.05) is 0 Å². The predicted molar refractivity (Wildman–Crippen MR) is 92.0 cm³/mol. The summed E-state index contributed by atoms with van der Waals surface area (Å²) in [7, 11) is -0.558. The first-order valence-corrected chi connectivity index (χ1v) is 9.21. The monoisotopic (exact) mass is 353 g/mol. The van der Waals surface area contributed by atoms with Crippen molar-refractivity contribution >= 4 is 27.6 Å². The Bertz CT molecular complexity index is 731. The molecule has 0 radical (unpaired) electrons. The molecule has 1 aromatic rings. The fourth-order valence-electron chi connectivity index (χ4n) is 2.66. The molecule has 1 atom stereocenters. The van der Waals surface area contributed by atoms with Gasteiger partial charge >= 0.3 is 0 Å². The van der Waals surface area contributed by atoms with Gasteiger partial charge in [0.05, 0.1) is 5.92 Å². The minimum absolute atomic E-state index is 0.0768. The number of piperidine rings is 1. The highest BCUT2D eigenvalue weighted by atomic mass is 32.2. The number of rotatable bonds is 5. The van der Waals surface area contributed by atoms with Crippen LogP contribution >= 0.6 is 0 Å². The van der Waals surface area contributed by atoms with Crippen molar-refractivity contribution < 1.29 is 18.0 Å². The molecule has 7 nitrogen and oxygen atoms in total. The minimum atomic E-state index is -3.52. The molecule has 1 N–H and O–H groups in total. The standard InChI is InChI=1S/C16H23N3O4S/c1-12(20)13-6-4-8-15(10-13)17-16(21)14-7-5-9-19(11-14)24(22,23)18(2)3/h4,6,8,10,14H,5,7,9,11H2,1-3H3,(H,17,21). The van der Waals surface area contributed by atoms with Gasteiger partial charge in [-0.25, -0.2) is 0 Å². The van der Waals surface area contributed by atoms with Crippen molar-refractivity contribution in [2.24, 2.45) is 5.92 Å². The van der Waals surface area contributed by atoms with Gasteiger partial charge in [0.15, 0.2) is 5.78 Å². The maximum absolute atomic E-state index is 12.5. The van der Waals surface area contributed by atoms with Crippen LogP contribution in [0.4, 0.5) is 5.69 Å². The molecule has 1 saturated heterocycles. The van der Waals surface area contributed by atoms with E-state index in [2.05, 4.69) is 5.32 Å². The Hall–Kier alpha value is -1.77. The van der Waals surface area contributed by atoms with Crippen LogP contribution in [0.3, 0.4) is 0 Å². The lowest BCUT2D eigenvalue weighted by molar-refractivity contribution is -0.120. The zero-order valence-electron chi connectivity index (χ0n) is 14.2. The molecule has 24 heavy (non-hydrogen) atoms. The van der Waals surface area contributed by atoms with Crippen LogP contribution in [0.2, 0.25) is 0 Å². The van der Waals surface area contributed by atoms with E-state index in [0.717, 1.165) is 4.31 Å². The molecule has 1 heterocycles. The second kappa shape index (κ2) is 7.42. The number of carbonyl (C=O) groups excluding carboxylic acids is 2. The SMILES string of the molecule is CC(=O)c1cccc(NC(=O)C2CCCN(S(=O)(=O)N(C)C)C2)c1. The molecule has 0 spiro atoms. The predicted octanol–water partition coefficient (Wildman–Crippen LogP) is 1.35. The average molecular weight is 353 g/mol. The van der Waals surface area contributed by atoms with Crippen LogP contribution < -0.4 is 5.32 Å². The molecule has 1 aliphatic heterocycles. The van der Waals surface area contributed by atoms with Crippen LogP contribution in [-0.2, 0) is 15.0 Å². The van der Waals surface area contributed by atoms with Crippen molar-refractivity contribution in [1.82, 2.24) is 8.61 Å². The van der Waals surface area contributed by atoms with Gasteiger partial charge in [-0.1, -0.05) is 12.1 Å². The topological polar surface area (TPSA) is 86.8 Å². The second-order valence-electron chi connectivity index (χ2n) is 6.11. The summed E-state index contributed by atoms with van der Waals surface area (Å²) in [5, 5.41) is 2.78. The molecule has 0 bridgehead atoms. The van der Waals surface area contributed by atoms with E-state index in [-0.39, 0.29) is 18.2 Å². The maximum atomic E-state index is 12.5. The van der Waals surface area contributed by atoms with E-state index in [1.165, 1.54) is 25.3 Å². The molecule has 0 saturated carbocycles. The van der Waals surface area contributed by atoms with Crippen molar-refractivity contribution in [3.05, 3.63) is 29.8 Å². The molecule has 1 amide bonds. The number of amides is 1. The third kappa shape index (κ3) is 4.19. The van der Waals surface area contributed by atoms with E-state index < -0.39 is 16.1 Å². The van der Waals surface area contributed by atoms with Gasteiger partial charge in [0, 0.05) is 38.4 Å². The Labute approximate surface area is 142 Å². The molecule has 8 heteroatoms. The summed E-state index contributed by atoms with van der Waals surface area (Å²) in [4.78, 5) is 23.9. The van der Waals surface area contributed by atoms with E-state index in [9.17, 15) is 18.0 Å². The molecule has 1 unspecified atom stereocenters. The molecule has 1 aromatic carbocycles. The van der Waals surface area contributed by atoms with Gasteiger partial charge in [-0.15, -0.1) is 0 Å². The van der Waals surface area contributed by atoms with E-state index in [4.69, 9.17) is 0 Å². The molecule has 1 fully saturated rings.